The Labute approximate surface area is 208 Å². The number of benzene rings is 2. The SMILES string of the molecule is C=CCc1cc(/C=C2/SC(=O)N([C@@H](C)CC)C2=O)cc(OC)c1OCc1ccc(Cl)cc1Cl. The molecule has 1 aliphatic rings. The van der Waals surface area contributed by atoms with E-state index in [9.17, 15) is 9.59 Å². The quantitative estimate of drug-likeness (QED) is 0.267. The average molecular weight is 506 g/mol. The molecule has 1 heterocycles. The van der Waals surface area contributed by atoms with E-state index in [1.54, 1.807) is 37.5 Å². The molecular formula is C25H25Cl2NO4S. The van der Waals surface area contributed by atoms with Gasteiger partial charge in [0, 0.05) is 27.2 Å². The fourth-order valence-corrected chi connectivity index (χ4v) is 4.76. The number of allylic oxidation sites excluding steroid dienone is 1. The van der Waals surface area contributed by atoms with Crippen molar-refractivity contribution in [3.8, 4) is 11.5 Å². The minimum atomic E-state index is -0.277. The van der Waals surface area contributed by atoms with Gasteiger partial charge in [-0.1, -0.05) is 42.3 Å². The molecule has 0 spiro atoms. The number of amides is 2. The van der Waals surface area contributed by atoms with Crippen molar-refractivity contribution in [1.29, 1.82) is 0 Å². The third-order valence-electron chi connectivity index (χ3n) is 5.28. The average Bonchev–Trinajstić information content (AvgIpc) is 3.06. The van der Waals surface area contributed by atoms with Gasteiger partial charge < -0.3 is 9.47 Å². The normalized spacial score (nSPS) is 15.8. The van der Waals surface area contributed by atoms with Gasteiger partial charge in [0.15, 0.2) is 11.5 Å². The number of carbonyl (C=O) groups excluding carboxylic acids is 2. The minimum absolute atomic E-state index is 0.148. The molecule has 1 fully saturated rings. The molecule has 0 N–H and O–H groups in total. The van der Waals surface area contributed by atoms with Crippen LogP contribution in [0.4, 0.5) is 4.79 Å². The number of halogens is 2. The lowest BCUT2D eigenvalue weighted by molar-refractivity contribution is -0.124. The van der Waals surface area contributed by atoms with Crippen LogP contribution >= 0.6 is 35.0 Å². The van der Waals surface area contributed by atoms with Gasteiger partial charge in [-0.3, -0.25) is 14.5 Å². The number of nitrogens with zero attached hydrogens (tertiary/aromatic N) is 1. The first-order chi connectivity index (χ1) is 15.8. The third kappa shape index (κ3) is 5.75. The van der Waals surface area contributed by atoms with Crippen LogP contribution in [0.5, 0.6) is 11.5 Å². The van der Waals surface area contributed by atoms with Crippen molar-refractivity contribution in [3.63, 3.8) is 0 Å². The molecule has 0 saturated carbocycles. The van der Waals surface area contributed by atoms with Gasteiger partial charge >= 0.3 is 0 Å². The standard InChI is InChI=1S/C25H25Cl2NO4S/c1-5-7-17-10-16(12-22-24(29)28(15(3)6-2)25(30)33-22)11-21(31-4)23(17)32-14-18-8-9-19(26)13-20(18)27/h5,8-13,15H,1,6-7,14H2,2-4H3/b22-12+/t15-/m0/s1. The number of methoxy groups -OCH3 is 1. The van der Waals surface area contributed by atoms with Crippen LogP contribution in [-0.2, 0) is 17.8 Å². The van der Waals surface area contributed by atoms with E-state index < -0.39 is 0 Å². The molecule has 1 atom stereocenters. The Hall–Kier alpha value is -2.41. The summed E-state index contributed by atoms with van der Waals surface area (Å²) < 4.78 is 11.7. The Kier molecular flexibility index (Phi) is 8.51. The molecule has 1 saturated heterocycles. The van der Waals surface area contributed by atoms with E-state index in [4.69, 9.17) is 32.7 Å². The van der Waals surface area contributed by atoms with Crippen LogP contribution in [0, 0.1) is 0 Å². The van der Waals surface area contributed by atoms with Crippen molar-refractivity contribution < 1.29 is 19.1 Å². The van der Waals surface area contributed by atoms with E-state index in [0.717, 1.165) is 28.5 Å². The molecule has 0 bridgehead atoms. The van der Waals surface area contributed by atoms with E-state index in [1.165, 1.54) is 4.90 Å². The van der Waals surface area contributed by atoms with Crippen molar-refractivity contribution in [2.45, 2.75) is 39.3 Å². The van der Waals surface area contributed by atoms with E-state index >= 15 is 0 Å². The second kappa shape index (κ2) is 11.1. The Morgan fingerprint density at radius 1 is 1.18 bits per heavy atom. The predicted octanol–water partition coefficient (Wildman–Crippen LogP) is 7.14. The molecule has 1 aliphatic heterocycles. The molecule has 33 heavy (non-hydrogen) atoms. The van der Waals surface area contributed by atoms with Crippen LogP contribution in [-0.4, -0.2) is 29.2 Å². The van der Waals surface area contributed by atoms with Gasteiger partial charge in [0.25, 0.3) is 11.1 Å². The maximum Gasteiger partial charge on any atom is 0.293 e. The van der Waals surface area contributed by atoms with Crippen molar-refractivity contribution in [3.05, 3.63) is 74.6 Å². The maximum absolute atomic E-state index is 12.8. The Morgan fingerprint density at radius 2 is 1.94 bits per heavy atom. The lowest BCUT2D eigenvalue weighted by Crippen LogP contribution is -2.36. The summed E-state index contributed by atoms with van der Waals surface area (Å²) in [6.45, 7) is 7.87. The highest BCUT2D eigenvalue weighted by Gasteiger charge is 2.37. The smallest absolute Gasteiger partial charge is 0.293 e. The maximum atomic E-state index is 12.8. The number of carbonyl (C=O) groups is 2. The summed E-state index contributed by atoms with van der Waals surface area (Å²) in [7, 11) is 1.55. The first-order valence-electron chi connectivity index (χ1n) is 10.4. The highest BCUT2D eigenvalue weighted by Crippen LogP contribution is 2.38. The molecule has 5 nitrogen and oxygen atoms in total. The largest absolute Gasteiger partial charge is 0.493 e. The summed E-state index contributed by atoms with van der Waals surface area (Å²) >= 11 is 13.2. The van der Waals surface area contributed by atoms with E-state index in [-0.39, 0.29) is 23.8 Å². The molecular weight excluding hydrogens is 481 g/mol. The molecule has 2 aromatic rings. The van der Waals surface area contributed by atoms with Gasteiger partial charge in [-0.25, -0.2) is 0 Å². The Morgan fingerprint density at radius 3 is 2.58 bits per heavy atom. The molecule has 0 unspecified atom stereocenters. The third-order valence-corrected chi connectivity index (χ3v) is 6.75. The number of imide groups is 1. The number of rotatable bonds is 9. The number of hydrogen-bond donors (Lipinski definition) is 0. The number of ether oxygens (including phenoxy) is 2. The summed E-state index contributed by atoms with van der Waals surface area (Å²) in [4.78, 5) is 26.8. The van der Waals surface area contributed by atoms with E-state index in [1.807, 2.05) is 26.0 Å². The minimum Gasteiger partial charge on any atom is -0.493 e. The molecule has 2 amide bonds. The van der Waals surface area contributed by atoms with Gasteiger partial charge in [-0.05, 0) is 67.4 Å². The van der Waals surface area contributed by atoms with Crippen molar-refractivity contribution in [1.82, 2.24) is 4.90 Å². The zero-order valence-corrected chi connectivity index (χ0v) is 21.0. The lowest BCUT2D eigenvalue weighted by Gasteiger charge is -2.19. The first kappa shape index (κ1) is 25.2. The fraction of sp³-hybridized carbons (Fsp3) is 0.280. The second-order valence-electron chi connectivity index (χ2n) is 7.54. The van der Waals surface area contributed by atoms with Gasteiger partial charge in [-0.2, -0.15) is 0 Å². The highest BCUT2D eigenvalue weighted by molar-refractivity contribution is 8.18. The summed E-state index contributed by atoms with van der Waals surface area (Å²) in [5.41, 5.74) is 2.35. The van der Waals surface area contributed by atoms with Crippen LogP contribution in [0.3, 0.4) is 0 Å². The van der Waals surface area contributed by atoms with Crippen LogP contribution in [0.15, 0.2) is 47.9 Å². The number of hydrogen-bond acceptors (Lipinski definition) is 5. The molecule has 3 rings (SSSR count). The van der Waals surface area contributed by atoms with Crippen molar-refractivity contribution in [2.24, 2.45) is 0 Å². The first-order valence-corrected chi connectivity index (χ1v) is 12.0. The lowest BCUT2D eigenvalue weighted by atomic mass is 10.0. The van der Waals surface area contributed by atoms with Crippen LogP contribution in [0.1, 0.15) is 37.0 Å². The number of thioether (sulfide) groups is 1. The van der Waals surface area contributed by atoms with Crippen LogP contribution in [0.2, 0.25) is 10.0 Å². The van der Waals surface area contributed by atoms with Gasteiger partial charge in [0.05, 0.1) is 12.0 Å². The van der Waals surface area contributed by atoms with Gasteiger partial charge in [-0.15, -0.1) is 6.58 Å². The van der Waals surface area contributed by atoms with Crippen LogP contribution in [0.25, 0.3) is 6.08 Å². The summed E-state index contributed by atoms with van der Waals surface area (Å²) in [6.07, 6.45) is 4.70. The van der Waals surface area contributed by atoms with Crippen LogP contribution < -0.4 is 9.47 Å². The zero-order chi connectivity index (χ0) is 24.1. The van der Waals surface area contributed by atoms with Gasteiger partial charge in [0.1, 0.15) is 6.61 Å². The Bertz CT molecular complexity index is 1120. The zero-order valence-electron chi connectivity index (χ0n) is 18.7. The van der Waals surface area contributed by atoms with E-state index in [2.05, 4.69) is 6.58 Å². The van der Waals surface area contributed by atoms with E-state index in [0.29, 0.717) is 39.3 Å². The molecule has 2 aromatic carbocycles. The summed E-state index contributed by atoms with van der Waals surface area (Å²) in [5, 5.41) is 0.815. The van der Waals surface area contributed by atoms with Gasteiger partial charge in [0.2, 0.25) is 0 Å². The summed E-state index contributed by atoms with van der Waals surface area (Å²) in [6, 6.07) is 8.77. The molecule has 174 valence electrons. The van der Waals surface area contributed by atoms with Crippen molar-refractivity contribution in [2.75, 3.05) is 7.11 Å². The molecule has 8 heteroatoms. The molecule has 0 aliphatic carbocycles. The highest BCUT2D eigenvalue weighted by atomic mass is 35.5. The summed E-state index contributed by atoms with van der Waals surface area (Å²) in [5.74, 6) is 0.793. The monoisotopic (exact) mass is 505 g/mol. The second-order valence-corrected chi connectivity index (χ2v) is 9.37. The molecule has 0 aromatic heterocycles. The molecule has 0 radical (unpaired) electrons. The van der Waals surface area contributed by atoms with Crippen molar-refractivity contribution >= 4 is 52.2 Å². The predicted molar refractivity (Wildman–Crippen MR) is 135 cm³/mol. The fourth-order valence-electron chi connectivity index (χ4n) is 3.37. The topological polar surface area (TPSA) is 55.8 Å². The Balaban J connectivity index is 1.93.